The van der Waals surface area contributed by atoms with Gasteiger partial charge >= 0.3 is 6.61 Å². The molecule has 1 fully saturated rings. The van der Waals surface area contributed by atoms with Crippen LogP contribution in [0, 0.1) is 0 Å². The molecule has 0 radical (unpaired) electrons. The summed E-state index contributed by atoms with van der Waals surface area (Å²) in [6.07, 6.45) is 4.14. The van der Waals surface area contributed by atoms with Crippen LogP contribution in [0.2, 0.25) is 0 Å². The quantitative estimate of drug-likeness (QED) is 0.643. The molecule has 1 aromatic carbocycles. The first-order valence-electron chi connectivity index (χ1n) is 8.59. The molecule has 0 aliphatic carbocycles. The van der Waals surface area contributed by atoms with Crippen LogP contribution in [0.3, 0.4) is 0 Å². The lowest BCUT2D eigenvalue weighted by Crippen LogP contribution is -3.11. The number of nitrogens with one attached hydrogen (secondary N) is 3. The van der Waals surface area contributed by atoms with Gasteiger partial charge < -0.3 is 24.7 Å². The Morgan fingerprint density at radius 1 is 1.19 bits per heavy atom. The van der Waals surface area contributed by atoms with Crippen molar-refractivity contribution in [3.8, 4) is 5.75 Å². The number of alkyl halides is 2. The van der Waals surface area contributed by atoms with E-state index >= 15 is 0 Å². The van der Waals surface area contributed by atoms with E-state index in [9.17, 15) is 8.78 Å². The van der Waals surface area contributed by atoms with Crippen molar-refractivity contribution in [2.24, 2.45) is 0 Å². The fourth-order valence-corrected chi connectivity index (χ4v) is 3.40. The molecule has 3 rings (SSSR count). The molecule has 1 aliphatic rings. The number of ether oxygens (including phenoxy) is 1. The van der Waals surface area contributed by atoms with E-state index in [1.165, 1.54) is 29.9 Å². The van der Waals surface area contributed by atoms with Crippen LogP contribution in [0.4, 0.5) is 14.5 Å². The Labute approximate surface area is 156 Å². The van der Waals surface area contributed by atoms with Crippen molar-refractivity contribution in [2.75, 3.05) is 25.0 Å². The number of halogens is 2. The molecule has 0 unspecified atom stereocenters. The van der Waals surface area contributed by atoms with E-state index in [0.29, 0.717) is 17.3 Å². The molecule has 8 heteroatoms. The Morgan fingerprint density at radius 3 is 2.54 bits per heavy atom. The minimum Gasteiger partial charge on any atom is -0.463 e. The standard InChI is InChI=1S/C18H21F2N3O2S/c19-17(20)25-14-7-5-13(6-8-14)22-18(26)21-12-15(16-4-3-11-24-16)23-9-1-2-10-23/h3-8,11,15,17H,1-2,9-10,12H2,(H2,21,22,26)/p+1/t15-/m1/s1. The molecular formula is C18H22F2N3O2S+. The summed E-state index contributed by atoms with van der Waals surface area (Å²) >= 11 is 5.35. The zero-order valence-electron chi connectivity index (χ0n) is 14.2. The second-order valence-corrected chi connectivity index (χ2v) is 6.58. The topological polar surface area (TPSA) is 50.9 Å². The predicted molar refractivity (Wildman–Crippen MR) is 98.7 cm³/mol. The number of rotatable bonds is 7. The second-order valence-electron chi connectivity index (χ2n) is 6.17. The van der Waals surface area contributed by atoms with Crippen LogP contribution >= 0.6 is 12.2 Å². The molecule has 0 bridgehead atoms. The largest absolute Gasteiger partial charge is 0.463 e. The van der Waals surface area contributed by atoms with Gasteiger partial charge in [-0.25, -0.2) is 0 Å². The van der Waals surface area contributed by atoms with Crippen molar-refractivity contribution >= 4 is 23.0 Å². The first-order valence-corrected chi connectivity index (χ1v) is 9.00. The number of quaternary nitrogens is 1. The monoisotopic (exact) mass is 382 g/mol. The molecule has 3 N–H and O–H groups in total. The summed E-state index contributed by atoms with van der Waals surface area (Å²) in [5.74, 6) is 1.06. The van der Waals surface area contributed by atoms with Gasteiger partial charge in [0.1, 0.15) is 5.75 Å². The van der Waals surface area contributed by atoms with Crippen LogP contribution in [-0.2, 0) is 0 Å². The molecule has 2 heterocycles. The Balaban J connectivity index is 1.53. The van der Waals surface area contributed by atoms with Crippen molar-refractivity contribution in [3.05, 3.63) is 48.4 Å². The number of benzene rings is 1. The lowest BCUT2D eigenvalue weighted by molar-refractivity contribution is -0.919. The molecule has 26 heavy (non-hydrogen) atoms. The van der Waals surface area contributed by atoms with Crippen molar-refractivity contribution in [2.45, 2.75) is 25.5 Å². The van der Waals surface area contributed by atoms with Crippen molar-refractivity contribution in [1.29, 1.82) is 0 Å². The van der Waals surface area contributed by atoms with Gasteiger partial charge in [0.25, 0.3) is 0 Å². The highest BCUT2D eigenvalue weighted by Crippen LogP contribution is 2.17. The number of hydrogen-bond donors (Lipinski definition) is 3. The van der Waals surface area contributed by atoms with E-state index in [2.05, 4.69) is 15.4 Å². The molecular weight excluding hydrogens is 360 g/mol. The number of likely N-dealkylation sites (tertiary alicyclic amines) is 1. The summed E-state index contributed by atoms with van der Waals surface area (Å²) in [6, 6.07) is 10.3. The molecule has 2 aromatic rings. The molecule has 1 atom stereocenters. The predicted octanol–water partition coefficient (Wildman–Crippen LogP) is 2.59. The highest BCUT2D eigenvalue weighted by molar-refractivity contribution is 7.80. The van der Waals surface area contributed by atoms with Gasteiger partial charge in [-0.3, -0.25) is 0 Å². The van der Waals surface area contributed by atoms with Crippen molar-refractivity contribution in [3.63, 3.8) is 0 Å². The molecule has 0 spiro atoms. The van der Waals surface area contributed by atoms with Crippen LogP contribution < -0.4 is 20.3 Å². The van der Waals surface area contributed by atoms with Gasteiger partial charge in [-0.1, -0.05) is 0 Å². The minimum atomic E-state index is -2.83. The third-order valence-corrected chi connectivity index (χ3v) is 4.68. The van der Waals surface area contributed by atoms with Gasteiger partial charge in [-0.05, 0) is 48.6 Å². The summed E-state index contributed by atoms with van der Waals surface area (Å²) in [4.78, 5) is 1.49. The van der Waals surface area contributed by atoms with Crippen LogP contribution in [0.15, 0.2) is 47.1 Å². The van der Waals surface area contributed by atoms with Gasteiger partial charge in [-0.15, -0.1) is 0 Å². The third-order valence-electron chi connectivity index (χ3n) is 4.43. The molecule has 140 valence electrons. The lowest BCUT2D eigenvalue weighted by Gasteiger charge is -2.23. The van der Waals surface area contributed by atoms with E-state index in [-0.39, 0.29) is 11.8 Å². The van der Waals surface area contributed by atoms with E-state index in [0.717, 1.165) is 18.8 Å². The SMILES string of the molecule is FC(F)Oc1ccc(NC(=S)NC[C@H](c2ccco2)[NH+]2CCCC2)cc1. The van der Waals surface area contributed by atoms with Gasteiger partial charge in [-0.2, -0.15) is 8.78 Å². The summed E-state index contributed by atoms with van der Waals surface area (Å²) in [6.45, 7) is 0.0713. The Hall–Kier alpha value is -2.19. The first kappa shape index (κ1) is 18.6. The number of furan rings is 1. The fraction of sp³-hybridized carbons (Fsp3) is 0.389. The average molecular weight is 382 g/mol. The number of anilines is 1. The molecule has 5 nitrogen and oxygen atoms in total. The van der Waals surface area contributed by atoms with Gasteiger partial charge in [0.05, 0.1) is 25.9 Å². The zero-order valence-corrected chi connectivity index (χ0v) is 15.0. The van der Waals surface area contributed by atoms with Crippen molar-refractivity contribution in [1.82, 2.24) is 5.32 Å². The van der Waals surface area contributed by atoms with E-state index in [1.807, 2.05) is 12.1 Å². The van der Waals surface area contributed by atoms with Crippen LogP contribution in [0.25, 0.3) is 0 Å². The Bertz CT molecular complexity index is 689. The Morgan fingerprint density at radius 2 is 1.92 bits per heavy atom. The smallest absolute Gasteiger partial charge is 0.387 e. The summed E-state index contributed by atoms with van der Waals surface area (Å²) in [7, 11) is 0. The molecule has 1 aliphatic heterocycles. The third kappa shape index (κ3) is 5.15. The fourth-order valence-electron chi connectivity index (χ4n) is 3.20. The number of thiocarbonyl (C=S) groups is 1. The first-order chi connectivity index (χ1) is 12.6. The second kappa shape index (κ2) is 8.95. The van der Waals surface area contributed by atoms with Crippen LogP contribution in [-0.4, -0.2) is 31.4 Å². The average Bonchev–Trinajstić information content (AvgIpc) is 3.30. The maximum Gasteiger partial charge on any atom is 0.387 e. The van der Waals surface area contributed by atoms with E-state index < -0.39 is 6.61 Å². The van der Waals surface area contributed by atoms with Gasteiger partial charge in [0.15, 0.2) is 16.9 Å². The summed E-state index contributed by atoms with van der Waals surface area (Å²) < 4.78 is 34.3. The van der Waals surface area contributed by atoms with Gasteiger partial charge in [0.2, 0.25) is 0 Å². The number of hydrogen-bond acceptors (Lipinski definition) is 3. The van der Waals surface area contributed by atoms with Gasteiger partial charge in [0, 0.05) is 18.5 Å². The van der Waals surface area contributed by atoms with Crippen molar-refractivity contribution < 1.29 is 22.8 Å². The molecule has 1 saturated heterocycles. The lowest BCUT2D eigenvalue weighted by atomic mass is 10.2. The van der Waals surface area contributed by atoms with E-state index in [1.54, 1.807) is 18.4 Å². The zero-order chi connectivity index (χ0) is 18.4. The van der Waals surface area contributed by atoms with Crippen LogP contribution in [0.1, 0.15) is 24.6 Å². The maximum atomic E-state index is 12.2. The van der Waals surface area contributed by atoms with E-state index in [4.69, 9.17) is 16.6 Å². The molecule has 1 aromatic heterocycles. The summed E-state index contributed by atoms with van der Waals surface area (Å²) in [5.41, 5.74) is 0.701. The summed E-state index contributed by atoms with van der Waals surface area (Å²) in [5, 5.41) is 6.76. The molecule has 0 amide bonds. The highest BCUT2D eigenvalue weighted by atomic mass is 32.1. The Kier molecular flexibility index (Phi) is 6.40. The highest BCUT2D eigenvalue weighted by Gasteiger charge is 2.29. The molecule has 0 saturated carbocycles. The normalized spacial score (nSPS) is 15.8. The minimum absolute atomic E-state index is 0.111. The maximum absolute atomic E-state index is 12.2. The van der Waals surface area contributed by atoms with Crippen LogP contribution in [0.5, 0.6) is 5.75 Å².